The molecule has 1 amide bonds. The van der Waals surface area contributed by atoms with E-state index in [1.807, 2.05) is 20.8 Å². The summed E-state index contributed by atoms with van der Waals surface area (Å²) in [6.45, 7) is 6.52. The van der Waals surface area contributed by atoms with E-state index in [9.17, 15) is 9.59 Å². The molecular formula is C13H20N4O3. The Morgan fingerprint density at radius 3 is 2.50 bits per heavy atom. The normalized spacial score (nSPS) is 10.2. The fourth-order valence-corrected chi connectivity index (χ4v) is 1.59. The average Bonchev–Trinajstić information content (AvgIpc) is 2.43. The van der Waals surface area contributed by atoms with E-state index >= 15 is 0 Å². The molecular weight excluding hydrogens is 260 g/mol. The van der Waals surface area contributed by atoms with Crippen molar-refractivity contribution >= 4 is 17.7 Å². The van der Waals surface area contributed by atoms with Crippen LogP contribution < -0.4 is 10.2 Å². The first-order chi connectivity index (χ1) is 9.47. The molecule has 0 radical (unpaired) electrons. The molecule has 0 aliphatic carbocycles. The molecule has 7 nitrogen and oxygen atoms in total. The number of methoxy groups -OCH3 is 1. The number of hydrogen-bond donors (Lipinski definition) is 1. The molecule has 1 N–H and O–H groups in total. The van der Waals surface area contributed by atoms with Crippen LogP contribution in [-0.4, -0.2) is 48.1 Å². The summed E-state index contributed by atoms with van der Waals surface area (Å²) in [6, 6.07) is 0.0917. The average molecular weight is 280 g/mol. The third kappa shape index (κ3) is 4.49. The standard InChI is InChI=1S/C13H20N4O3/c1-5-17(8-12(18)16-9(2)3)11-7-14-10(6-15-11)13(19)20-4/h6-7,9H,5,8H2,1-4H3,(H,16,18). The number of likely N-dealkylation sites (N-methyl/N-ethyl adjacent to an activating group) is 1. The highest BCUT2D eigenvalue weighted by Crippen LogP contribution is 2.08. The smallest absolute Gasteiger partial charge is 0.358 e. The van der Waals surface area contributed by atoms with Crippen molar-refractivity contribution in [2.75, 3.05) is 25.1 Å². The topological polar surface area (TPSA) is 84.4 Å². The summed E-state index contributed by atoms with van der Waals surface area (Å²) >= 11 is 0. The van der Waals surface area contributed by atoms with Crippen LogP contribution in [0, 0.1) is 0 Å². The molecule has 1 aromatic heterocycles. The van der Waals surface area contributed by atoms with Gasteiger partial charge < -0.3 is 15.0 Å². The molecule has 0 unspecified atom stereocenters. The molecule has 1 aromatic rings. The zero-order valence-electron chi connectivity index (χ0n) is 12.2. The van der Waals surface area contributed by atoms with Gasteiger partial charge in [-0.2, -0.15) is 0 Å². The lowest BCUT2D eigenvalue weighted by Crippen LogP contribution is -2.40. The first kappa shape index (κ1) is 15.9. The molecule has 0 aliphatic heterocycles. The van der Waals surface area contributed by atoms with Crippen molar-refractivity contribution in [3.05, 3.63) is 18.1 Å². The maximum absolute atomic E-state index is 11.7. The molecule has 1 rings (SSSR count). The summed E-state index contributed by atoms with van der Waals surface area (Å²) < 4.78 is 4.55. The van der Waals surface area contributed by atoms with Gasteiger partial charge in [-0.1, -0.05) is 0 Å². The molecule has 0 aliphatic rings. The Kier molecular flexibility index (Phi) is 5.89. The Morgan fingerprint density at radius 2 is 2.05 bits per heavy atom. The van der Waals surface area contributed by atoms with Crippen LogP contribution in [0.2, 0.25) is 0 Å². The SMILES string of the molecule is CCN(CC(=O)NC(C)C)c1cnc(C(=O)OC)cn1. The van der Waals surface area contributed by atoms with E-state index in [1.54, 1.807) is 4.90 Å². The van der Waals surface area contributed by atoms with Gasteiger partial charge in [-0.25, -0.2) is 14.8 Å². The first-order valence-electron chi connectivity index (χ1n) is 6.42. The molecule has 0 atom stereocenters. The molecule has 7 heteroatoms. The van der Waals surface area contributed by atoms with Gasteiger partial charge in [-0.05, 0) is 20.8 Å². The minimum Gasteiger partial charge on any atom is -0.464 e. The third-order valence-corrected chi connectivity index (χ3v) is 2.52. The number of carbonyl (C=O) groups excluding carboxylic acids is 2. The molecule has 0 saturated carbocycles. The highest BCUT2D eigenvalue weighted by atomic mass is 16.5. The van der Waals surface area contributed by atoms with Crippen molar-refractivity contribution in [1.82, 2.24) is 15.3 Å². The van der Waals surface area contributed by atoms with Crippen LogP contribution in [0.25, 0.3) is 0 Å². The maximum Gasteiger partial charge on any atom is 0.358 e. The molecule has 110 valence electrons. The summed E-state index contributed by atoms with van der Waals surface area (Å²) in [5, 5.41) is 2.81. The molecule has 0 fully saturated rings. The number of amides is 1. The third-order valence-electron chi connectivity index (χ3n) is 2.52. The Labute approximate surface area is 118 Å². The number of hydrogen-bond acceptors (Lipinski definition) is 6. The maximum atomic E-state index is 11.7. The van der Waals surface area contributed by atoms with Crippen LogP contribution in [0.4, 0.5) is 5.82 Å². The number of rotatable bonds is 6. The number of aromatic nitrogens is 2. The highest BCUT2D eigenvalue weighted by Gasteiger charge is 2.14. The van der Waals surface area contributed by atoms with Crippen LogP contribution in [0.1, 0.15) is 31.3 Å². The number of anilines is 1. The number of ether oxygens (including phenoxy) is 1. The van der Waals surface area contributed by atoms with E-state index in [1.165, 1.54) is 19.5 Å². The second-order valence-electron chi connectivity index (χ2n) is 4.49. The minimum atomic E-state index is -0.537. The molecule has 0 bridgehead atoms. The van der Waals surface area contributed by atoms with Crippen LogP contribution >= 0.6 is 0 Å². The van der Waals surface area contributed by atoms with Gasteiger partial charge >= 0.3 is 5.97 Å². The van der Waals surface area contributed by atoms with Gasteiger partial charge in [-0.15, -0.1) is 0 Å². The van der Waals surface area contributed by atoms with Gasteiger partial charge in [0.1, 0.15) is 5.82 Å². The van der Waals surface area contributed by atoms with E-state index in [4.69, 9.17) is 0 Å². The van der Waals surface area contributed by atoms with Crippen LogP contribution in [-0.2, 0) is 9.53 Å². The van der Waals surface area contributed by atoms with Crippen LogP contribution in [0.3, 0.4) is 0 Å². The second-order valence-corrected chi connectivity index (χ2v) is 4.49. The summed E-state index contributed by atoms with van der Waals surface area (Å²) in [7, 11) is 1.28. The number of nitrogens with one attached hydrogen (secondary N) is 1. The number of carbonyl (C=O) groups is 2. The van der Waals surface area contributed by atoms with Gasteiger partial charge in [0, 0.05) is 12.6 Å². The van der Waals surface area contributed by atoms with Gasteiger partial charge in [0.25, 0.3) is 0 Å². The van der Waals surface area contributed by atoms with Crippen molar-refractivity contribution in [3.8, 4) is 0 Å². The van der Waals surface area contributed by atoms with Crippen molar-refractivity contribution in [2.24, 2.45) is 0 Å². The number of esters is 1. The van der Waals surface area contributed by atoms with E-state index < -0.39 is 5.97 Å². The highest BCUT2D eigenvalue weighted by molar-refractivity contribution is 5.87. The lowest BCUT2D eigenvalue weighted by molar-refractivity contribution is -0.120. The van der Waals surface area contributed by atoms with E-state index in [2.05, 4.69) is 20.0 Å². The summed E-state index contributed by atoms with van der Waals surface area (Å²) in [5.74, 6) is -0.0793. The van der Waals surface area contributed by atoms with Crippen molar-refractivity contribution in [3.63, 3.8) is 0 Å². The summed E-state index contributed by atoms with van der Waals surface area (Å²) in [6.07, 6.45) is 2.79. The Bertz CT molecular complexity index is 459. The zero-order valence-corrected chi connectivity index (χ0v) is 12.2. The fraction of sp³-hybridized carbons (Fsp3) is 0.538. The van der Waals surface area contributed by atoms with E-state index in [0.29, 0.717) is 12.4 Å². The Morgan fingerprint density at radius 1 is 1.35 bits per heavy atom. The molecule has 20 heavy (non-hydrogen) atoms. The monoisotopic (exact) mass is 280 g/mol. The Balaban J connectivity index is 2.75. The van der Waals surface area contributed by atoms with Gasteiger partial charge in [-0.3, -0.25) is 4.79 Å². The van der Waals surface area contributed by atoms with Gasteiger partial charge in [0.05, 0.1) is 26.0 Å². The van der Waals surface area contributed by atoms with Crippen LogP contribution in [0.5, 0.6) is 0 Å². The lowest BCUT2D eigenvalue weighted by Gasteiger charge is -2.21. The van der Waals surface area contributed by atoms with E-state index in [-0.39, 0.29) is 24.2 Å². The lowest BCUT2D eigenvalue weighted by atomic mass is 10.3. The fourth-order valence-electron chi connectivity index (χ4n) is 1.59. The Hall–Kier alpha value is -2.18. The quantitative estimate of drug-likeness (QED) is 0.769. The van der Waals surface area contributed by atoms with Crippen molar-refractivity contribution < 1.29 is 14.3 Å². The molecule has 1 heterocycles. The zero-order chi connectivity index (χ0) is 15.1. The van der Waals surface area contributed by atoms with Crippen molar-refractivity contribution in [1.29, 1.82) is 0 Å². The minimum absolute atomic E-state index is 0.0827. The van der Waals surface area contributed by atoms with Gasteiger partial charge in [0.2, 0.25) is 5.91 Å². The summed E-state index contributed by atoms with van der Waals surface area (Å²) in [4.78, 5) is 32.9. The van der Waals surface area contributed by atoms with E-state index in [0.717, 1.165) is 0 Å². The van der Waals surface area contributed by atoms with Gasteiger partial charge in [0.15, 0.2) is 5.69 Å². The largest absolute Gasteiger partial charge is 0.464 e. The second kappa shape index (κ2) is 7.42. The molecule has 0 saturated heterocycles. The molecule has 0 spiro atoms. The van der Waals surface area contributed by atoms with Crippen LogP contribution in [0.15, 0.2) is 12.4 Å². The first-order valence-corrected chi connectivity index (χ1v) is 6.42. The predicted molar refractivity (Wildman–Crippen MR) is 74.5 cm³/mol. The van der Waals surface area contributed by atoms with Crippen molar-refractivity contribution in [2.45, 2.75) is 26.8 Å². The summed E-state index contributed by atoms with van der Waals surface area (Å²) in [5.41, 5.74) is 0.138. The number of nitrogens with zero attached hydrogens (tertiary/aromatic N) is 3. The predicted octanol–water partition coefficient (Wildman–Crippen LogP) is 0.614. The molecule has 0 aromatic carbocycles.